The van der Waals surface area contributed by atoms with Crippen molar-refractivity contribution in [3.05, 3.63) is 66.7 Å². The molecular weight excluding hydrogens is 309 g/mol. The summed E-state index contributed by atoms with van der Waals surface area (Å²) in [4.78, 5) is 0. The maximum Gasteiger partial charge on any atom is 0.126 e. The molecule has 0 heterocycles. The molecule has 0 fully saturated rings. The van der Waals surface area contributed by atoms with E-state index in [9.17, 15) is 5.26 Å². The number of rotatable bonds is 3. The fourth-order valence-electron chi connectivity index (χ4n) is 2.61. The van der Waals surface area contributed by atoms with E-state index in [-0.39, 0.29) is 0 Å². The fraction of sp³-hybridized carbons (Fsp3) is 0.0556. The van der Waals surface area contributed by atoms with Crippen LogP contribution >= 0.6 is 6.04 Å². The smallest absolute Gasteiger partial charge is 0.126 e. The van der Waals surface area contributed by atoms with Gasteiger partial charge < -0.3 is 4.74 Å². The van der Waals surface area contributed by atoms with Crippen LogP contribution in [0.15, 0.2) is 66.7 Å². The lowest BCUT2D eigenvalue weighted by Gasteiger charge is -2.18. The van der Waals surface area contributed by atoms with E-state index < -0.39 is 6.04 Å². The zero-order valence-electron chi connectivity index (χ0n) is 12.1. The van der Waals surface area contributed by atoms with E-state index in [2.05, 4.69) is 5.81 Å². The third-order valence-corrected chi connectivity index (χ3v) is 7.52. The Morgan fingerprint density at radius 1 is 0.909 bits per heavy atom. The van der Waals surface area contributed by atoms with Gasteiger partial charge in [0.05, 0.1) is 7.11 Å². The lowest BCUT2D eigenvalue weighted by Crippen LogP contribution is -2.15. The average Bonchev–Trinajstić information content (AvgIpc) is 2.60. The first-order chi connectivity index (χ1) is 10.7. The van der Waals surface area contributed by atoms with Crippen molar-refractivity contribution in [3.8, 4) is 11.6 Å². The molecule has 0 amide bonds. The Balaban J connectivity index is 2.35. The predicted octanol–water partition coefficient (Wildman–Crippen LogP) is 3.76. The van der Waals surface area contributed by atoms with Gasteiger partial charge in [-0.25, -0.2) is 0 Å². The fourth-order valence-corrected chi connectivity index (χ4v) is 5.37. The van der Waals surface area contributed by atoms with Crippen LogP contribution in [0, 0.1) is 11.1 Å². The van der Waals surface area contributed by atoms with E-state index in [1.54, 1.807) is 7.11 Å². The summed E-state index contributed by atoms with van der Waals surface area (Å²) >= 11 is 5.85. The van der Waals surface area contributed by atoms with E-state index in [0.717, 1.165) is 27.1 Å². The molecule has 108 valence electrons. The molecule has 1 atom stereocenters. The monoisotopic (exact) mass is 323 g/mol. The van der Waals surface area contributed by atoms with Crippen molar-refractivity contribution < 1.29 is 4.74 Å². The van der Waals surface area contributed by atoms with Crippen LogP contribution in [0.2, 0.25) is 0 Å². The van der Waals surface area contributed by atoms with E-state index in [0.29, 0.717) is 0 Å². The van der Waals surface area contributed by atoms with Crippen molar-refractivity contribution in [2.24, 2.45) is 0 Å². The summed E-state index contributed by atoms with van der Waals surface area (Å²) < 4.78 is 5.43. The van der Waals surface area contributed by atoms with Crippen molar-refractivity contribution in [1.29, 1.82) is 5.26 Å². The highest BCUT2D eigenvalue weighted by molar-refractivity contribution is 8.24. The first kappa shape index (κ1) is 14.8. The molecule has 1 unspecified atom stereocenters. The largest absolute Gasteiger partial charge is 0.496 e. The van der Waals surface area contributed by atoms with Gasteiger partial charge in [-0.15, -0.1) is 0 Å². The summed E-state index contributed by atoms with van der Waals surface area (Å²) in [5.41, 5.74) is 0. The van der Waals surface area contributed by atoms with Crippen molar-refractivity contribution in [1.82, 2.24) is 0 Å². The van der Waals surface area contributed by atoms with Crippen LogP contribution in [-0.4, -0.2) is 7.11 Å². The molecule has 3 aromatic rings. The van der Waals surface area contributed by atoms with Gasteiger partial charge in [0.2, 0.25) is 0 Å². The molecule has 4 heteroatoms. The van der Waals surface area contributed by atoms with Gasteiger partial charge in [0, 0.05) is 16.0 Å². The van der Waals surface area contributed by atoms with Gasteiger partial charge in [-0.1, -0.05) is 72.5 Å². The normalized spacial score (nSPS) is 13.3. The molecule has 0 radical (unpaired) electrons. The topological polar surface area (TPSA) is 33.0 Å². The molecule has 0 N–H and O–H groups in total. The van der Waals surface area contributed by atoms with E-state index >= 15 is 0 Å². The molecule has 2 nitrogen and oxygen atoms in total. The number of methoxy groups -OCH3 is 1. The van der Waals surface area contributed by atoms with Crippen LogP contribution in [0.4, 0.5) is 0 Å². The summed E-state index contributed by atoms with van der Waals surface area (Å²) in [6.45, 7) is 0. The molecule has 0 saturated heterocycles. The van der Waals surface area contributed by atoms with Crippen molar-refractivity contribution in [3.63, 3.8) is 0 Å². The Morgan fingerprint density at radius 2 is 1.59 bits per heavy atom. The standard InChI is InChI=1S/C18H14NOPS/c1-20-17-11-5-10-16-15(17)9-6-12-18(16)21(22,13-19)14-7-3-2-4-8-14/h2-12H,1H3. The maximum absolute atomic E-state index is 9.84. The lowest BCUT2D eigenvalue weighted by molar-refractivity contribution is 0.420. The average molecular weight is 323 g/mol. The molecule has 3 rings (SSSR count). The molecule has 0 aliphatic heterocycles. The van der Waals surface area contributed by atoms with E-state index in [1.165, 1.54) is 0 Å². The molecule has 0 aromatic heterocycles. The summed E-state index contributed by atoms with van der Waals surface area (Å²) in [6.07, 6.45) is 0. The first-order valence-corrected chi connectivity index (χ1v) is 9.64. The van der Waals surface area contributed by atoms with Gasteiger partial charge >= 0.3 is 0 Å². The molecule has 0 bridgehead atoms. The Labute approximate surface area is 135 Å². The minimum absolute atomic E-state index is 0.798. The van der Waals surface area contributed by atoms with Crippen LogP contribution < -0.4 is 15.3 Å². The zero-order chi connectivity index (χ0) is 15.6. The van der Waals surface area contributed by atoms with E-state index in [4.69, 9.17) is 16.5 Å². The van der Waals surface area contributed by atoms with Gasteiger partial charge in [0.25, 0.3) is 0 Å². The van der Waals surface area contributed by atoms with Crippen molar-refractivity contribution >= 4 is 39.2 Å². The van der Waals surface area contributed by atoms with Gasteiger partial charge in [0.1, 0.15) is 17.6 Å². The minimum atomic E-state index is -2.50. The number of hydrogen-bond donors (Lipinski definition) is 0. The third kappa shape index (κ3) is 2.31. The highest BCUT2D eigenvalue weighted by Crippen LogP contribution is 2.44. The summed E-state index contributed by atoms with van der Waals surface area (Å²) in [5.74, 6) is 3.22. The molecule has 22 heavy (non-hydrogen) atoms. The van der Waals surface area contributed by atoms with Crippen LogP contribution in [0.1, 0.15) is 0 Å². The lowest BCUT2D eigenvalue weighted by atomic mass is 10.1. The van der Waals surface area contributed by atoms with Crippen LogP contribution in [0.5, 0.6) is 5.75 Å². The highest BCUT2D eigenvalue weighted by atomic mass is 32.4. The molecular formula is C18H14NOPS. The van der Waals surface area contributed by atoms with Crippen LogP contribution in [0.3, 0.4) is 0 Å². The second kappa shape index (κ2) is 5.93. The Kier molecular flexibility index (Phi) is 3.98. The zero-order valence-corrected chi connectivity index (χ0v) is 13.8. The van der Waals surface area contributed by atoms with Gasteiger partial charge in [0.15, 0.2) is 0 Å². The number of hydrogen-bond acceptors (Lipinski definition) is 3. The van der Waals surface area contributed by atoms with E-state index in [1.807, 2.05) is 66.7 Å². The molecule has 0 saturated carbocycles. The number of fused-ring (bicyclic) bond motifs is 1. The Bertz CT molecular complexity index is 915. The quantitative estimate of drug-likeness (QED) is 0.688. The van der Waals surface area contributed by atoms with Crippen LogP contribution in [-0.2, 0) is 11.8 Å². The van der Waals surface area contributed by atoms with Crippen LogP contribution in [0.25, 0.3) is 10.8 Å². The predicted molar refractivity (Wildman–Crippen MR) is 96.1 cm³/mol. The molecule has 0 aliphatic rings. The molecule has 0 aliphatic carbocycles. The summed E-state index contributed by atoms with van der Waals surface area (Å²) in [5, 5.41) is 13.7. The van der Waals surface area contributed by atoms with Gasteiger partial charge in [-0.05, 0) is 11.5 Å². The molecule has 3 aromatic carbocycles. The minimum Gasteiger partial charge on any atom is -0.496 e. The van der Waals surface area contributed by atoms with Crippen molar-refractivity contribution in [2.45, 2.75) is 0 Å². The SMILES string of the molecule is COc1cccc2c(P(=S)(C#N)c3ccccc3)cccc12. The second-order valence-electron chi connectivity index (χ2n) is 4.88. The second-order valence-corrected chi connectivity index (χ2v) is 8.94. The molecule has 0 spiro atoms. The third-order valence-electron chi connectivity index (χ3n) is 3.68. The van der Waals surface area contributed by atoms with Crippen molar-refractivity contribution in [2.75, 3.05) is 7.11 Å². The number of nitrogens with zero attached hydrogens (tertiary/aromatic N) is 1. The number of ether oxygens (including phenoxy) is 1. The van der Waals surface area contributed by atoms with Gasteiger partial charge in [-0.3, -0.25) is 0 Å². The Hall–Kier alpha value is -2.14. The number of nitriles is 1. The maximum atomic E-state index is 9.84. The summed E-state index contributed by atoms with van der Waals surface area (Å²) in [6, 6.07) is 19.0. The highest BCUT2D eigenvalue weighted by Gasteiger charge is 2.24. The first-order valence-electron chi connectivity index (χ1n) is 6.84. The summed E-state index contributed by atoms with van der Waals surface area (Å²) in [7, 11) is 1.65. The Morgan fingerprint density at radius 3 is 2.27 bits per heavy atom. The van der Waals surface area contributed by atoms with Gasteiger partial charge in [-0.2, -0.15) is 5.26 Å². The number of benzene rings is 3.